The number of hydrogen-bond donors (Lipinski definition) is 0. The molecule has 0 radical (unpaired) electrons. The SMILES string of the molecule is C[C@H](CCCOC1CCCCO1)[C@H]1CC[C@H]2[C@@H]3C=CC4=CC(=O)C=C[C@]4(C)[C@H]3CC[C@]12C. The van der Waals surface area contributed by atoms with Crippen molar-refractivity contribution in [3.8, 4) is 0 Å². The molecule has 0 aromatic rings. The molecule has 2 saturated carbocycles. The number of ketones is 1. The number of allylic oxidation sites excluding steroid dienone is 6. The summed E-state index contributed by atoms with van der Waals surface area (Å²) in [4.78, 5) is 12.0. The maximum absolute atomic E-state index is 12.0. The lowest BCUT2D eigenvalue weighted by Crippen LogP contribution is -2.48. The molecule has 4 aliphatic carbocycles. The van der Waals surface area contributed by atoms with E-state index in [1.54, 1.807) is 0 Å². The number of carbonyl (C=O) groups is 1. The lowest BCUT2D eigenvalue weighted by molar-refractivity contribution is -0.163. The molecular weight excluding hydrogens is 396 g/mol. The van der Waals surface area contributed by atoms with Crippen molar-refractivity contribution in [3.63, 3.8) is 0 Å². The van der Waals surface area contributed by atoms with Crippen molar-refractivity contribution in [1.29, 1.82) is 0 Å². The van der Waals surface area contributed by atoms with Gasteiger partial charge in [-0.25, -0.2) is 0 Å². The highest BCUT2D eigenvalue weighted by Crippen LogP contribution is 2.65. The second kappa shape index (κ2) is 8.87. The summed E-state index contributed by atoms with van der Waals surface area (Å²) in [6.07, 6.45) is 22.0. The summed E-state index contributed by atoms with van der Waals surface area (Å²) in [5.74, 6) is 3.79. The Labute approximate surface area is 194 Å². The molecule has 3 heteroatoms. The van der Waals surface area contributed by atoms with Crippen LogP contribution in [0.3, 0.4) is 0 Å². The third-order valence-corrected chi connectivity index (χ3v) is 10.1. The van der Waals surface area contributed by atoms with Gasteiger partial charge in [0.2, 0.25) is 0 Å². The van der Waals surface area contributed by atoms with Crippen LogP contribution < -0.4 is 0 Å². The van der Waals surface area contributed by atoms with Crippen molar-refractivity contribution < 1.29 is 14.3 Å². The van der Waals surface area contributed by atoms with Gasteiger partial charge < -0.3 is 9.47 Å². The number of fused-ring (bicyclic) bond motifs is 5. The van der Waals surface area contributed by atoms with Crippen LogP contribution in [-0.4, -0.2) is 25.3 Å². The summed E-state index contributed by atoms with van der Waals surface area (Å²) in [5, 5.41) is 0. The molecule has 0 spiro atoms. The summed E-state index contributed by atoms with van der Waals surface area (Å²) in [7, 11) is 0. The van der Waals surface area contributed by atoms with E-state index in [1.807, 2.05) is 12.2 Å². The molecule has 0 aromatic heterocycles. The molecule has 176 valence electrons. The first-order chi connectivity index (χ1) is 15.4. The molecular formula is C29H42O3. The molecule has 8 atom stereocenters. The van der Waals surface area contributed by atoms with Gasteiger partial charge in [0.1, 0.15) is 0 Å². The number of carbonyl (C=O) groups excluding carboxylic acids is 1. The number of hydrogen-bond acceptors (Lipinski definition) is 3. The highest BCUT2D eigenvalue weighted by Gasteiger charge is 2.58. The Bertz CT molecular complexity index is 803. The standard InChI is InChI=1S/C29H42O3/c1-20(7-6-18-32-27-8-4-5-17-31-27)24-11-12-25-23-10-9-21-19-22(30)13-15-28(21,2)26(23)14-16-29(24,25)3/h9-10,13,15,19-20,23-27H,4-8,11-12,14,16-18H2,1-3H3/t20-,23+,24-,25+,26+,27?,28+,29-/m1/s1. The molecule has 0 bridgehead atoms. The Morgan fingerprint density at radius 2 is 2.00 bits per heavy atom. The van der Waals surface area contributed by atoms with Crippen molar-refractivity contribution in [3.05, 3.63) is 36.0 Å². The zero-order chi connectivity index (χ0) is 22.3. The van der Waals surface area contributed by atoms with Crippen LogP contribution in [0.4, 0.5) is 0 Å². The van der Waals surface area contributed by atoms with Crippen molar-refractivity contribution in [1.82, 2.24) is 0 Å². The average Bonchev–Trinajstić information content (AvgIpc) is 3.15. The number of ether oxygens (including phenoxy) is 2. The minimum atomic E-state index is 0.0386. The fourth-order valence-electron chi connectivity index (χ4n) is 8.29. The molecule has 1 unspecified atom stereocenters. The molecule has 5 aliphatic rings. The molecule has 1 saturated heterocycles. The molecule has 32 heavy (non-hydrogen) atoms. The van der Waals surface area contributed by atoms with Gasteiger partial charge in [-0.1, -0.05) is 39.0 Å². The minimum absolute atomic E-state index is 0.0386. The van der Waals surface area contributed by atoms with E-state index in [1.165, 1.54) is 50.5 Å². The van der Waals surface area contributed by atoms with E-state index < -0.39 is 0 Å². The van der Waals surface area contributed by atoms with Crippen LogP contribution in [-0.2, 0) is 14.3 Å². The molecule has 1 heterocycles. The summed E-state index contributed by atoms with van der Waals surface area (Å²) in [5.41, 5.74) is 1.72. The lowest BCUT2D eigenvalue weighted by Gasteiger charge is -2.55. The Morgan fingerprint density at radius 1 is 1.12 bits per heavy atom. The first-order valence-corrected chi connectivity index (χ1v) is 13.3. The van der Waals surface area contributed by atoms with E-state index >= 15 is 0 Å². The highest BCUT2D eigenvalue weighted by atomic mass is 16.7. The van der Waals surface area contributed by atoms with Gasteiger partial charge in [0.15, 0.2) is 12.1 Å². The van der Waals surface area contributed by atoms with Gasteiger partial charge in [0.25, 0.3) is 0 Å². The monoisotopic (exact) mass is 438 g/mol. The zero-order valence-corrected chi connectivity index (χ0v) is 20.4. The molecule has 5 rings (SSSR count). The van der Waals surface area contributed by atoms with Crippen LogP contribution in [0, 0.1) is 40.4 Å². The Kier molecular flexibility index (Phi) is 6.26. The van der Waals surface area contributed by atoms with Crippen LogP contribution in [0.5, 0.6) is 0 Å². The molecule has 1 aliphatic heterocycles. The lowest BCUT2D eigenvalue weighted by atomic mass is 9.49. The summed E-state index contributed by atoms with van der Waals surface area (Å²) in [6.45, 7) is 9.18. The molecule has 0 aromatic carbocycles. The normalized spacial score (nSPS) is 43.9. The van der Waals surface area contributed by atoms with Crippen molar-refractivity contribution in [2.45, 2.75) is 84.8 Å². The predicted octanol–water partition coefficient (Wildman–Crippen LogP) is 6.65. The first-order valence-electron chi connectivity index (χ1n) is 13.3. The second-order valence-corrected chi connectivity index (χ2v) is 11.8. The summed E-state index contributed by atoms with van der Waals surface area (Å²) in [6, 6.07) is 0. The van der Waals surface area contributed by atoms with E-state index in [9.17, 15) is 4.79 Å². The van der Waals surface area contributed by atoms with E-state index in [2.05, 4.69) is 39.0 Å². The first kappa shape index (κ1) is 22.6. The smallest absolute Gasteiger partial charge is 0.178 e. The topological polar surface area (TPSA) is 35.5 Å². The van der Waals surface area contributed by atoms with Gasteiger partial charge in [-0.2, -0.15) is 0 Å². The molecule has 0 N–H and O–H groups in total. The van der Waals surface area contributed by atoms with Gasteiger partial charge in [-0.05, 0) is 111 Å². The third kappa shape index (κ3) is 3.88. The minimum Gasteiger partial charge on any atom is -0.353 e. The molecule has 0 amide bonds. The van der Waals surface area contributed by atoms with Crippen molar-refractivity contribution in [2.75, 3.05) is 13.2 Å². The fourth-order valence-corrected chi connectivity index (χ4v) is 8.29. The van der Waals surface area contributed by atoms with Crippen LogP contribution in [0.2, 0.25) is 0 Å². The zero-order valence-electron chi connectivity index (χ0n) is 20.4. The average molecular weight is 439 g/mol. The maximum atomic E-state index is 12.0. The summed E-state index contributed by atoms with van der Waals surface area (Å²) < 4.78 is 11.7. The van der Waals surface area contributed by atoms with Gasteiger partial charge >= 0.3 is 0 Å². The van der Waals surface area contributed by atoms with Crippen molar-refractivity contribution >= 4 is 5.78 Å². The van der Waals surface area contributed by atoms with Crippen LogP contribution in [0.1, 0.15) is 78.6 Å². The van der Waals surface area contributed by atoms with E-state index in [-0.39, 0.29) is 17.5 Å². The van der Waals surface area contributed by atoms with Gasteiger partial charge in [0, 0.05) is 18.6 Å². The van der Waals surface area contributed by atoms with Crippen LogP contribution in [0.25, 0.3) is 0 Å². The Hall–Kier alpha value is -1.19. The van der Waals surface area contributed by atoms with Crippen molar-refractivity contribution in [2.24, 2.45) is 40.4 Å². The Morgan fingerprint density at radius 3 is 2.81 bits per heavy atom. The van der Waals surface area contributed by atoms with Crippen LogP contribution >= 0.6 is 0 Å². The van der Waals surface area contributed by atoms with E-state index in [4.69, 9.17) is 9.47 Å². The Balaban J connectivity index is 1.22. The fraction of sp³-hybridized carbons (Fsp3) is 0.759. The van der Waals surface area contributed by atoms with E-state index in [0.717, 1.165) is 43.8 Å². The van der Waals surface area contributed by atoms with Gasteiger partial charge in [-0.3, -0.25) is 4.79 Å². The number of rotatable bonds is 6. The second-order valence-electron chi connectivity index (χ2n) is 11.8. The predicted molar refractivity (Wildman–Crippen MR) is 128 cm³/mol. The van der Waals surface area contributed by atoms with Crippen LogP contribution in [0.15, 0.2) is 36.0 Å². The quantitative estimate of drug-likeness (QED) is 0.436. The summed E-state index contributed by atoms with van der Waals surface area (Å²) >= 11 is 0. The van der Waals surface area contributed by atoms with Gasteiger partial charge in [-0.15, -0.1) is 0 Å². The van der Waals surface area contributed by atoms with E-state index in [0.29, 0.717) is 17.3 Å². The molecule has 3 fully saturated rings. The maximum Gasteiger partial charge on any atom is 0.178 e. The highest BCUT2D eigenvalue weighted by molar-refractivity contribution is 6.01. The largest absolute Gasteiger partial charge is 0.353 e. The third-order valence-electron chi connectivity index (χ3n) is 10.1. The molecule has 3 nitrogen and oxygen atoms in total. The van der Waals surface area contributed by atoms with Gasteiger partial charge in [0.05, 0.1) is 0 Å².